The molecule has 0 aromatic heterocycles. The summed E-state index contributed by atoms with van der Waals surface area (Å²) >= 11 is 0. The molecule has 0 saturated heterocycles. The van der Waals surface area contributed by atoms with Crippen LogP contribution in [0.5, 0.6) is 0 Å². The molecule has 0 spiro atoms. The van der Waals surface area contributed by atoms with E-state index in [1.165, 1.54) is 27.7 Å². The highest BCUT2D eigenvalue weighted by Gasteiger charge is 2.32. The van der Waals surface area contributed by atoms with Gasteiger partial charge in [0.1, 0.15) is 11.7 Å². The first-order valence-corrected chi connectivity index (χ1v) is 6.09. The van der Waals surface area contributed by atoms with Crippen molar-refractivity contribution in [2.75, 3.05) is 6.61 Å². The van der Waals surface area contributed by atoms with Crippen molar-refractivity contribution in [2.24, 2.45) is 0 Å². The fourth-order valence-electron chi connectivity index (χ4n) is 1.53. The number of carbonyl (C=O) groups excluding carboxylic acids is 4. The lowest BCUT2D eigenvalue weighted by molar-refractivity contribution is -0.239. The number of carbonyl (C=O) groups is 4. The van der Waals surface area contributed by atoms with Gasteiger partial charge in [0.2, 0.25) is 0 Å². The first kappa shape index (κ1) is 18.8. The van der Waals surface area contributed by atoms with Gasteiger partial charge in [-0.15, -0.1) is 0 Å². The summed E-state index contributed by atoms with van der Waals surface area (Å²) < 4.78 is 14.0. The van der Waals surface area contributed by atoms with E-state index in [4.69, 9.17) is 14.7 Å². The summed E-state index contributed by atoms with van der Waals surface area (Å²) in [6, 6.07) is 0. The van der Waals surface area contributed by atoms with Gasteiger partial charge in [-0.1, -0.05) is 0 Å². The molecule has 0 fully saturated rings. The smallest absolute Gasteiger partial charge is 0.449 e. The van der Waals surface area contributed by atoms with Crippen LogP contribution in [0, 0.1) is 0 Å². The number of ether oxygens (including phenoxy) is 3. The molecule has 1 unspecified atom stereocenters. The molecular weight excluding hydrogens is 288 g/mol. The van der Waals surface area contributed by atoms with E-state index in [9.17, 15) is 19.2 Å². The molecule has 0 aromatic carbocycles. The van der Waals surface area contributed by atoms with Crippen LogP contribution in [0.2, 0.25) is 0 Å². The summed E-state index contributed by atoms with van der Waals surface area (Å²) in [5.74, 6) is -5.25. The van der Waals surface area contributed by atoms with Gasteiger partial charge < -0.3 is 14.2 Å². The molecule has 120 valence electrons. The molecule has 9 nitrogen and oxygen atoms in total. The number of hydrogen-bond acceptors (Lipinski definition) is 9. The molecule has 0 aliphatic heterocycles. The third kappa shape index (κ3) is 7.25. The van der Waals surface area contributed by atoms with Crippen molar-refractivity contribution in [2.45, 2.75) is 45.8 Å². The Kier molecular flexibility index (Phi) is 7.36. The van der Waals surface area contributed by atoms with Gasteiger partial charge in [-0.05, 0) is 27.7 Å². The zero-order valence-corrected chi connectivity index (χ0v) is 12.2. The van der Waals surface area contributed by atoms with Crippen LogP contribution in [-0.2, 0) is 38.3 Å². The average Bonchev–Trinajstić information content (AvgIpc) is 2.36. The fraction of sp³-hybridized carbons (Fsp3) is 0.667. The number of hydrogen-bond donors (Lipinski definition) is 1. The van der Waals surface area contributed by atoms with Gasteiger partial charge in [0, 0.05) is 6.42 Å². The first-order valence-electron chi connectivity index (χ1n) is 6.09. The molecule has 0 rings (SSSR count). The molecule has 0 radical (unpaired) electrons. The zero-order valence-electron chi connectivity index (χ0n) is 12.2. The van der Waals surface area contributed by atoms with Crippen LogP contribution in [0.1, 0.15) is 34.1 Å². The summed E-state index contributed by atoms with van der Waals surface area (Å²) in [5, 5.41) is 8.04. The average molecular weight is 306 g/mol. The molecule has 1 N–H and O–H groups in total. The molecule has 0 aliphatic rings. The standard InChI is InChI=1S/C12H18O9/c1-5-18-8(13)9(14)19-7(2)6-12(3,4)20-10(15)11(16)21-17/h7,17H,5-6H2,1-4H3. The Bertz CT molecular complexity index is 413. The largest absolute Gasteiger partial charge is 0.458 e. The highest BCUT2D eigenvalue weighted by atomic mass is 17.1. The minimum Gasteiger partial charge on any atom is -0.458 e. The van der Waals surface area contributed by atoms with Crippen LogP contribution in [0.4, 0.5) is 0 Å². The van der Waals surface area contributed by atoms with E-state index in [0.29, 0.717) is 0 Å². The summed E-state index contributed by atoms with van der Waals surface area (Å²) in [5.41, 5.74) is -1.19. The molecule has 0 amide bonds. The van der Waals surface area contributed by atoms with Gasteiger partial charge >= 0.3 is 23.9 Å². The lowest BCUT2D eigenvalue weighted by Gasteiger charge is -2.27. The molecule has 0 bridgehead atoms. The third-order valence-corrected chi connectivity index (χ3v) is 2.15. The summed E-state index contributed by atoms with van der Waals surface area (Å²) in [6.45, 7) is 5.94. The normalized spacial score (nSPS) is 12.0. The van der Waals surface area contributed by atoms with Gasteiger partial charge in [0.15, 0.2) is 0 Å². The number of esters is 3. The molecule has 0 aliphatic carbocycles. The van der Waals surface area contributed by atoms with Crippen LogP contribution < -0.4 is 0 Å². The van der Waals surface area contributed by atoms with E-state index in [1.807, 2.05) is 0 Å². The monoisotopic (exact) mass is 306 g/mol. The van der Waals surface area contributed by atoms with Gasteiger partial charge in [0.05, 0.1) is 6.61 Å². The van der Waals surface area contributed by atoms with E-state index in [-0.39, 0.29) is 13.0 Å². The Morgan fingerprint density at radius 2 is 1.62 bits per heavy atom. The Hall–Kier alpha value is -2.16. The van der Waals surface area contributed by atoms with Crippen molar-refractivity contribution in [1.82, 2.24) is 0 Å². The van der Waals surface area contributed by atoms with Crippen molar-refractivity contribution in [3.8, 4) is 0 Å². The van der Waals surface area contributed by atoms with Crippen molar-refractivity contribution < 1.29 is 43.5 Å². The van der Waals surface area contributed by atoms with E-state index in [2.05, 4.69) is 9.62 Å². The second-order valence-electron chi connectivity index (χ2n) is 4.67. The first-order chi connectivity index (χ1) is 9.62. The van der Waals surface area contributed by atoms with Crippen molar-refractivity contribution in [3.05, 3.63) is 0 Å². The predicted molar refractivity (Wildman–Crippen MR) is 65.7 cm³/mol. The summed E-state index contributed by atoms with van der Waals surface area (Å²) in [4.78, 5) is 47.5. The van der Waals surface area contributed by atoms with E-state index in [1.54, 1.807) is 0 Å². The summed E-state index contributed by atoms with van der Waals surface area (Å²) in [7, 11) is 0. The van der Waals surface area contributed by atoms with Crippen molar-refractivity contribution >= 4 is 23.9 Å². The maximum atomic E-state index is 11.3. The Labute approximate surface area is 121 Å². The maximum Gasteiger partial charge on any atom is 0.449 e. The molecular formula is C12H18O9. The van der Waals surface area contributed by atoms with Crippen molar-refractivity contribution in [1.29, 1.82) is 0 Å². The predicted octanol–water partition coefficient (Wildman–Crippen LogP) is 0.209. The van der Waals surface area contributed by atoms with Gasteiger partial charge in [0.25, 0.3) is 0 Å². The van der Waals surface area contributed by atoms with E-state index < -0.39 is 35.6 Å². The molecule has 0 heterocycles. The maximum absolute atomic E-state index is 11.3. The topological polar surface area (TPSA) is 125 Å². The SMILES string of the molecule is CCOC(=O)C(=O)OC(C)CC(C)(C)OC(=O)C(=O)OO. The lowest BCUT2D eigenvalue weighted by Crippen LogP contribution is -2.37. The second kappa shape index (κ2) is 8.20. The van der Waals surface area contributed by atoms with E-state index in [0.717, 1.165) is 0 Å². The minimum absolute atomic E-state index is 0.00257. The molecule has 0 saturated carbocycles. The molecule has 1 atom stereocenters. The highest BCUT2D eigenvalue weighted by Crippen LogP contribution is 2.19. The fourth-order valence-corrected chi connectivity index (χ4v) is 1.53. The Morgan fingerprint density at radius 1 is 1.05 bits per heavy atom. The minimum atomic E-state index is -1.57. The van der Waals surface area contributed by atoms with Crippen molar-refractivity contribution in [3.63, 3.8) is 0 Å². The van der Waals surface area contributed by atoms with Crippen LogP contribution >= 0.6 is 0 Å². The Balaban J connectivity index is 4.44. The molecule has 0 aromatic rings. The van der Waals surface area contributed by atoms with Crippen LogP contribution in [-0.4, -0.2) is 47.4 Å². The third-order valence-electron chi connectivity index (χ3n) is 2.15. The van der Waals surface area contributed by atoms with Gasteiger partial charge in [-0.2, -0.15) is 5.26 Å². The molecule has 9 heteroatoms. The van der Waals surface area contributed by atoms with Crippen LogP contribution in [0.25, 0.3) is 0 Å². The Morgan fingerprint density at radius 3 is 2.10 bits per heavy atom. The quantitative estimate of drug-likeness (QED) is 0.249. The highest BCUT2D eigenvalue weighted by molar-refractivity contribution is 6.30. The van der Waals surface area contributed by atoms with E-state index >= 15 is 0 Å². The van der Waals surface area contributed by atoms with Crippen LogP contribution in [0.15, 0.2) is 0 Å². The second-order valence-corrected chi connectivity index (χ2v) is 4.67. The number of rotatable bonds is 5. The van der Waals surface area contributed by atoms with Crippen LogP contribution in [0.3, 0.4) is 0 Å². The van der Waals surface area contributed by atoms with Gasteiger partial charge in [-0.25, -0.2) is 19.2 Å². The lowest BCUT2D eigenvalue weighted by atomic mass is 10.0. The molecule has 21 heavy (non-hydrogen) atoms. The zero-order chi connectivity index (χ0) is 16.6. The summed E-state index contributed by atoms with van der Waals surface area (Å²) in [6.07, 6.45) is -0.780. The van der Waals surface area contributed by atoms with Gasteiger partial charge in [-0.3, -0.25) is 4.89 Å².